The van der Waals surface area contributed by atoms with Crippen molar-refractivity contribution in [2.75, 3.05) is 25.9 Å². The number of carbonyl (C=O) groups is 1. The summed E-state index contributed by atoms with van der Waals surface area (Å²) in [6.07, 6.45) is 4.06. The third kappa shape index (κ3) is 5.86. The number of H-pyrrole nitrogens is 1. The van der Waals surface area contributed by atoms with Gasteiger partial charge in [0.2, 0.25) is 15.9 Å². The van der Waals surface area contributed by atoms with Gasteiger partial charge in [-0.3, -0.25) is 4.79 Å². The molecular weight excluding hydrogens is 338 g/mol. The normalized spacial score (nSPS) is 12.2. The molecule has 0 aliphatic carbocycles. The number of fused-ring (bicyclic) bond motifs is 1. The fourth-order valence-corrected chi connectivity index (χ4v) is 3.78. The molecule has 1 amide bonds. The maximum Gasteiger partial charge on any atom is 0.221 e. The van der Waals surface area contributed by atoms with Crippen molar-refractivity contribution in [3.8, 4) is 0 Å². The zero-order valence-corrected chi connectivity index (χ0v) is 15.9. The van der Waals surface area contributed by atoms with Gasteiger partial charge >= 0.3 is 0 Å². The van der Waals surface area contributed by atoms with Crippen molar-refractivity contribution >= 4 is 26.8 Å². The first-order valence-electron chi connectivity index (χ1n) is 8.54. The lowest BCUT2D eigenvalue weighted by Crippen LogP contribution is -2.37. The molecule has 1 aromatic carbocycles. The van der Waals surface area contributed by atoms with Crippen LogP contribution in [-0.2, 0) is 21.2 Å². The SMILES string of the molecule is CC(C)CN(CCC(=O)NCCc1c[nH]c2ccccc12)S(C)(=O)=O. The smallest absolute Gasteiger partial charge is 0.221 e. The summed E-state index contributed by atoms with van der Waals surface area (Å²) in [5.41, 5.74) is 2.25. The number of nitrogens with one attached hydrogen (secondary N) is 2. The molecule has 0 fully saturated rings. The summed E-state index contributed by atoms with van der Waals surface area (Å²) in [6, 6.07) is 8.05. The van der Waals surface area contributed by atoms with E-state index in [0.29, 0.717) is 13.1 Å². The second-order valence-electron chi connectivity index (χ2n) is 6.72. The highest BCUT2D eigenvalue weighted by Crippen LogP contribution is 2.17. The van der Waals surface area contributed by atoms with Crippen LogP contribution >= 0.6 is 0 Å². The Balaban J connectivity index is 1.80. The van der Waals surface area contributed by atoms with Crippen LogP contribution in [0.2, 0.25) is 0 Å². The van der Waals surface area contributed by atoms with E-state index in [-0.39, 0.29) is 24.8 Å². The molecule has 0 saturated heterocycles. The van der Waals surface area contributed by atoms with E-state index in [1.807, 2.05) is 38.2 Å². The number of para-hydroxylation sites is 1. The number of sulfonamides is 1. The van der Waals surface area contributed by atoms with Gasteiger partial charge in [0.1, 0.15) is 0 Å². The van der Waals surface area contributed by atoms with Gasteiger partial charge in [-0.15, -0.1) is 0 Å². The van der Waals surface area contributed by atoms with E-state index in [2.05, 4.69) is 16.4 Å². The summed E-state index contributed by atoms with van der Waals surface area (Å²) in [5.74, 6) is 0.0944. The lowest BCUT2D eigenvalue weighted by Gasteiger charge is -2.21. The van der Waals surface area contributed by atoms with Crippen molar-refractivity contribution < 1.29 is 13.2 Å². The summed E-state index contributed by atoms with van der Waals surface area (Å²) in [4.78, 5) is 15.2. The van der Waals surface area contributed by atoms with Crippen LogP contribution in [0.1, 0.15) is 25.8 Å². The summed E-state index contributed by atoms with van der Waals surface area (Å²) < 4.78 is 24.9. The van der Waals surface area contributed by atoms with E-state index < -0.39 is 10.0 Å². The Hall–Kier alpha value is -1.86. The minimum absolute atomic E-state index is 0.128. The molecule has 7 heteroatoms. The first-order valence-corrected chi connectivity index (χ1v) is 10.4. The Kier molecular flexibility index (Phi) is 6.61. The third-order valence-corrected chi connectivity index (χ3v) is 5.29. The second-order valence-corrected chi connectivity index (χ2v) is 8.71. The van der Waals surface area contributed by atoms with Crippen LogP contribution in [-0.4, -0.2) is 49.5 Å². The molecule has 1 heterocycles. The molecule has 0 unspecified atom stereocenters. The maximum absolute atomic E-state index is 12.0. The molecule has 2 aromatic rings. The quantitative estimate of drug-likeness (QED) is 0.714. The third-order valence-electron chi connectivity index (χ3n) is 4.02. The van der Waals surface area contributed by atoms with E-state index in [0.717, 1.165) is 22.9 Å². The van der Waals surface area contributed by atoms with Gasteiger partial charge in [0.05, 0.1) is 6.26 Å². The lowest BCUT2D eigenvalue weighted by molar-refractivity contribution is -0.121. The van der Waals surface area contributed by atoms with E-state index >= 15 is 0 Å². The van der Waals surface area contributed by atoms with Crippen LogP contribution in [0, 0.1) is 5.92 Å². The molecular formula is C18H27N3O3S. The largest absolute Gasteiger partial charge is 0.361 e. The molecule has 0 spiro atoms. The Morgan fingerprint density at radius 1 is 1.28 bits per heavy atom. The molecule has 2 rings (SSSR count). The highest BCUT2D eigenvalue weighted by atomic mass is 32.2. The van der Waals surface area contributed by atoms with Gasteiger partial charge in [0.25, 0.3) is 0 Å². The Morgan fingerprint density at radius 3 is 2.68 bits per heavy atom. The number of benzene rings is 1. The van der Waals surface area contributed by atoms with Gasteiger partial charge in [-0.25, -0.2) is 12.7 Å². The van der Waals surface area contributed by atoms with Crippen LogP contribution in [0.5, 0.6) is 0 Å². The van der Waals surface area contributed by atoms with E-state index in [4.69, 9.17) is 0 Å². The highest BCUT2D eigenvalue weighted by molar-refractivity contribution is 7.88. The topological polar surface area (TPSA) is 82.3 Å². The van der Waals surface area contributed by atoms with Crippen LogP contribution < -0.4 is 5.32 Å². The van der Waals surface area contributed by atoms with Crippen LogP contribution in [0.3, 0.4) is 0 Å². The molecule has 0 radical (unpaired) electrons. The van der Waals surface area contributed by atoms with Gasteiger partial charge in [-0.1, -0.05) is 32.0 Å². The van der Waals surface area contributed by atoms with Gasteiger partial charge in [-0.05, 0) is 24.0 Å². The molecule has 0 aliphatic rings. The summed E-state index contributed by atoms with van der Waals surface area (Å²) >= 11 is 0. The lowest BCUT2D eigenvalue weighted by atomic mass is 10.1. The van der Waals surface area contributed by atoms with Crippen LogP contribution in [0.25, 0.3) is 10.9 Å². The Bertz CT molecular complexity index is 812. The highest BCUT2D eigenvalue weighted by Gasteiger charge is 2.18. The zero-order valence-electron chi connectivity index (χ0n) is 15.1. The van der Waals surface area contributed by atoms with Crippen molar-refractivity contribution in [2.24, 2.45) is 5.92 Å². The molecule has 1 aromatic heterocycles. The predicted molar refractivity (Wildman–Crippen MR) is 101 cm³/mol. The van der Waals surface area contributed by atoms with Gasteiger partial charge < -0.3 is 10.3 Å². The minimum atomic E-state index is -3.29. The fourth-order valence-electron chi connectivity index (χ4n) is 2.79. The number of nitrogens with zero attached hydrogens (tertiary/aromatic N) is 1. The van der Waals surface area contributed by atoms with Crippen molar-refractivity contribution in [1.82, 2.24) is 14.6 Å². The number of hydrogen-bond acceptors (Lipinski definition) is 3. The molecule has 2 N–H and O–H groups in total. The number of carbonyl (C=O) groups excluding carboxylic acids is 1. The monoisotopic (exact) mass is 365 g/mol. The maximum atomic E-state index is 12.0. The van der Waals surface area contributed by atoms with E-state index in [1.165, 1.54) is 10.6 Å². The molecule has 138 valence electrons. The van der Waals surface area contributed by atoms with Crippen LogP contribution in [0.15, 0.2) is 30.5 Å². The average Bonchev–Trinajstić information content (AvgIpc) is 2.93. The number of aromatic nitrogens is 1. The number of rotatable bonds is 9. The number of hydrogen-bond donors (Lipinski definition) is 2. The van der Waals surface area contributed by atoms with E-state index in [1.54, 1.807) is 0 Å². The van der Waals surface area contributed by atoms with Gasteiger partial charge in [-0.2, -0.15) is 0 Å². The molecule has 0 aliphatic heterocycles. The first-order chi connectivity index (χ1) is 11.8. The molecule has 0 atom stereocenters. The van der Waals surface area contributed by atoms with Crippen LogP contribution in [0.4, 0.5) is 0 Å². The van der Waals surface area contributed by atoms with Crippen molar-refractivity contribution in [1.29, 1.82) is 0 Å². The van der Waals surface area contributed by atoms with E-state index in [9.17, 15) is 13.2 Å². The second kappa shape index (κ2) is 8.49. The molecule has 0 saturated carbocycles. The predicted octanol–water partition coefficient (Wildman–Crippen LogP) is 2.13. The number of amides is 1. The van der Waals surface area contributed by atoms with Crippen molar-refractivity contribution in [3.05, 3.63) is 36.0 Å². The summed E-state index contributed by atoms with van der Waals surface area (Å²) in [6.45, 7) is 5.10. The Labute approximate surface area is 149 Å². The zero-order chi connectivity index (χ0) is 18.4. The Morgan fingerprint density at radius 2 is 2.00 bits per heavy atom. The molecule has 6 nitrogen and oxygen atoms in total. The molecule has 0 bridgehead atoms. The molecule has 25 heavy (non-hydrogen) atoms. The summed E-state index contributed by atoms with van der Waals surface area (Å²) in [5, 5.41) is 4.04. The first kappa shape index (κ1) is 19.5. The van der Waals surface area contributed by atoms with Crippen molar-refractivity contribution in [3.63, 3.8) is 0 Å². The minimum Gasteiger partial charge on any atom is -0.361 e. The number of aromatic amines is 1. The summed E-state index contributed by atoms with van der Waals surface area (Å²) in [7, 11) is -3.29. The average molecular weight is 365 g/mol. The van der Waals surface area contributed by atoms with Gasteiger partial charge in [0, 0.05) is 43.2 Å². The standard InChI is InChI=1S/C18H27N3O3S/c1-14(2)13-21(25(3,23)24)11-9-18(22)19-10-8-15-12-20-17-7-5-4-6-16(15)17/h4-7,12,14,20H,8-11,13H2,1-3H3,(H,19,22). The fraction of sp³-hybridized carbons (Fsp3) is 0.500. The van der Waals surface area contributed by atoms with Crippen molar-refractivity contribution in [2.45, 2.75) is 26.7 Å². The van der Waals surface area contributed by atoms with Gasteiger partial charge in [0.15, 0.2) is 0 Å².